The van der Waals surface area contributed by atoms with Crippen LogP contribution in [-0.4, -0.2) is 18.7 Å². The van der Waals surface area contributed by atoms with E-state index >= 15 is 0 Å². The van der Waals surface area contributed by atoms with Crippen LogP contribution in [0.5, 0.6) is 5.75 Å². The van der Waals surface area contributed by atoms with Crippen LogP contribution in [0.25, 0.3) is 0 Å². The lowest BCUT2D eigenvalue weighted by molar-refractivity contribution is -0.140. The van der Waals surface area contributed by atoms with Crippen LogP contribution in [0.1, 0.15) is 36.3 Å². The molecule has 2 saturated carbocycles. The van der Waals surface area contributed by atoms with Crippen LogP contribution in [0.3, 0.4) is 0 Å². The van der Waals surface area contributed by atoms with E-state index in [9.17, 15) is 22.8 Å². The summed E-state index contributed by atoms with van der Waals surface area (Å²) in [5, 5.41) is 0. The van der Waals surface area contributed by atoms with Crippen molar-refractivity contribution >= 4 is 11.6 Å². The number of ether oxygens (including phenoxy) is 1. The maximum absolute atomic E-state index is 13.3. The minimum atomic E-state index is -4.64. The zero-order chi connectivity index (χ0) is 16.1. The van der Waals surface area contributed by atoms with Crippen LogP contribution in [-0.2, 0) is 15.8 Å². The SMILES string of the molecule is COc1cccc(C(F)(F)F)c1C1C(=O)C2CCC(C2)C1=O. The molecule has 2 aliphatic rings. The summed E-state index contributed by atoms with van der Waals surface area (Å²) in [5.41, 5.74) is -1.27. The predicted octanol–water partition coefficient (Wildman–Crippen LogP) is 3.37. The topological polar surface area (TPSA) is 43.4 Å². The molecule has 1 aromatic carbocycles. The number of carbonyl (C=O) groups is 2. The van der Waals surface area contributed by atoms with Gasteiger partial charge in [-0.3, -0.25) is 9.59 Å². The third kappa shape index (κ3) is 2.21. The number of carbonyl (C=O) groups excluding carboxylic acids is 2. The van der Waals surface area contributed by atoms with E-state index in [2.05, 4.69) is 0 Å². The molecular weight excluding hydrogens is 297 g/mol. The van der Waals surface area contributed by atoms with Gasteiger partial charge in [0.15, 0.2) is 11.6 Å². The van der Waals surface area contributed by atoms with Crippen molar-refractivity contribution in [2.45, 2.75) is 31.4 Å². The van der Waals surface area contributed by atoms with Crippen LogP contribution in [0.4, 0.5) is 13.2 Å². The molecule has 0 N–H and O–H groups in total. The third-order valence-electron chi connectivity index (χ3n) is 4.69. The molecule has 22 heavy (non-hydrogen) atoms. The van der Waals surface area contributed by atoms with E-state index in [1.54, 1.807) is 0 Å². The normalized spacial score (nSPS) is 28.1. The smallest absolute Gasteiger partial charge is 0.416 e. The lowest BCUT2D eigenvalue weighted by Gasteiger charge is -2.28. The van der Waals surface area contributed by atoms with Gasteiger partial charge in [-0.1, -0.05) is 6.07 Å². The molecule has 1 aromatic rings. The van der Waals surface area contributed by atoms with Gasteiger partial charge in [0.2, 0.25) is 0 Å². The Morgan fingerprint density at radius 1 is 1.09 bits per heavy atom. The Labute approximate surface area is 125 Å². The summed E-state index contributed by atoms with van der Waals surface area (Å²) >= 11 is 0. The van der Waals surface area contributed by atoms with Gasteiger partial charge in [0.25, 0.3) is 0 Å². The molecular formula is C16H15F3O3. The van der Waals surface area contributed by atoms with Gasteiger partial charge in [-0.2, -0.15) is 13.2 Å². The van der Waals surface area contributed by atoms with Crippen molar-refractivity contribution in [3.05, 3.63) is 29.3 Å². The van der Waals surface area contributed by atoms with Gasteiger partial charge in [-0.25, -0.2) is 0 Å². The molecule has 0 aromatic heterocycles. The highest BCUT2D eigenvalue weighted by Gasteiger charge is 2.50. The molecule has 0 amide bonds. The Balaban J connectivity index is 2.18. The average Bonchev–Trinajstić information content (AvgIpc) is 2.91. The van der Waals surface area contributed by atoms with E-state index in [0.717, 1.165) is 6.07 Å². The summed E-state index contributed by atoms with van der Waals surface area (Å²) in [4.78, 5) is 25.0. The molecule has 0 saturated heterocycles. The zero-order valence-corrected chi connectivity index (χ0v) is 11.9. The number of Topliss-reactive ketones (excluding diaryl/α,β-unsaturated/α-hetero) is 2. The van der Waals surface area contributed by atoms with Gasteiger partial charge in [0.1, 0.15) is 11.7 Å². The Bertz CT molecular complexity index is 614. The van der Waals surface area contributed by atoms with E-state index < -0.39 is 29.2 Å². The Morgan fingerprint density at radius 2 is 1.68 bits per heavy atom. The third-order valence-corrected chi connectivity index (χ3v) is 4.69. The molecule has 2 atom stereocenters. The van der Waals surface area contributed by atoms with Crippen molar-refractivity contribution in [3.8, 4) is 5.75 Å². The molecule has 0 heterocycles. The van der Waals surface area contributed by atoms with Crippen molar-refractivity contribution in [2.75, 3.05) is 7.11 Å². The molecule has 2 aliphatic carbocycles. The van der Waals surface area contributed by atoms with Gasteiger partial charge in [-0.05, 0) is 31.4 Å². The fourth-order valence-corrected chi connectivity index (χ4v) is 3.66. The Hall–Kier alpha value is -1.85. The van der Waals surface area contributed by atoms with Crippen molar-refractivity contribution in [3.63, 3.8) is 0 Å². The Morgan fingerprint density at radius 3 is 2.18 bits per heavy atom. The molecule has 0 spiro atoms. The fourth-order valence-electron chi connectivity index (χ4n) is 3.66. The molecule has 2 fully saturated rings. The average molecular weight is 312 g/mol. The number of rotatable bonds is 2. The van der Waals surface area contributed by atoms with Crippen LogP contribution in [0, 0.1) is 11.8 Å². The molecule has 6 heteroatoms. The van der Waals surface area contributed by atoms with E-state index in [1.807, 2.05) is 0 Å². The maximum atomic E-state index is 13.3. The summed E-state index contributed by atoms with van der Waals surface area (Å²) in [5.74, 6) is -2.80. The van der Waals surface area contributed by atoms with Crippen LogP contribution < -0.4 is 4.74 Å². The van der Waals surface area contributed by atoms with Crippen LogP contribution >= 0.6 is 0 Å². The maximum Gasteiger partial charge on any atom is 0.416 e. The van der Waals surface area contributed by atoms with Gasteiger partial charge in [-0.15, -0.1) is 0 Å². The first-order chi connectivity index (χ1) is 10.3. The molecule has 3 nitrogen and oxygen atoms in total. The first kappa shape index (κ1) is 15.1. The number of alkyl halides is 3. The lowest BCUT2D eigenvalue weighted by atomic mass is 9.74. The van der Waals surface area contributed by atoms with Gasteiger partial charge in [0.05, 0.1) is 12.7 Å². The molecule has 3 rings (SSSR count). The number of ketones is 2. The molecule has 2 unspecified atom stereocenters. The number of hydrogen-bond acceptors (Lipinski definition) is 3. The number of fused-ring (bicyclic) bond motifs is 2. The molecule has 0 radical (unpaired) electrons. The summed E-state index contributed by atoms with van der Waals surface area (Å²) in [6.45, 7) is 0. The van der Waals surface area contributed by atoms with Crippen LogP contribution in [0.15, 0.2) is 18.2 Å². The largest absolute Gasteiger partial charge is 0.496 e. The molecule has 118 valence electrons. The van der Waals surface area contributed by atoms with Gasteiger partial charge in [0, 0.05) is 17.4 Å². The second-order valence-corrected chi connectivity index (χ2v) is 5.86. The molecule has 2 bridgehead atoms. The minimum absolute atomic E-state index is 0.0529. The predicted molar refractivity (Wildman–Crippen MR) is 71.6 cm³/mol. The van der Waals surface area contributed by atoms with Crippen LogP contribution in [0.2, 0.25) is 0 Å². The number of benzene rings is 1. The number of hydrogen-bond donors (Lipinski definition) is 0. The molecule has 0 aliphatic heterocycles. The highest BCUT2D eigenvalue weighted by atomic mass is 19.4. The summed E-state index contributed by atoms with van der Waals surface area (Å²) in [6, 6.07) is 3.48. The van der Waals surface area contributed by atoms with E-state index in [4.69, 9.17) is 4.74 Å². The highest BCUT2D eigenvalue weighted by Crippen LogP contribution is 2.48. The van der Waals surface area contributed by atoms with Crippen molar-refractivity contribution in [1.29, 1.82) is 0 Å². The van der Waals surface area contributed by atoms with Gasteiger partial charge < -0.3 is 4.74 Å². The number of halogens is 3. The second-order valence-electron chi connectivity index (χ2n) is 5.86. The first-order valence-electron chi connectivity index (χ1n) is 7.16. The highest BCUT2D eigenvalue weighted by molar-refractivity contribution is 6.12. The first-order valence-corrected chi connectivity index (χ1v) is 7.16. The second kappa shape index (κ2) is 5.11. The van der Waals surface area contributed by atoms with Crippen molar-refractivity contribution in [2.24, 2.45) is 11.8 Å². The lowest BCUT2D eigenvalue weighted by Crippen LogP contribution is -2.36. The standard InChI is InChI=1S/C16H15F3O3/c1-22-11-4-2-3-10(16(17,18)19)12(11)13-14(20)8-5-6-9(7-8)15(13)21/h2-4,8-9,13H,5-7H2,1H3. The summed E-state index contributed by atoms with van der Waals surface area (Å²) in [6.07, 6.45) is -2.99. The van der Waals surface area contributed by atoms with Crippen molar-refractivity contribution < 1.29 is 27.5 Å². The quantitative estimate of drug-likeness (QED) is 0.786. The van der Waals surface area contributed by atoms with Crippen molar-refractivity contribution in [1.82, 2.24) is 0 Å². The zero-order valence-electron chi connectivity index (χ0n) is 11.9. The summed E-state index contributed by atoms with van der Waals surface area (Å²) < 4.78 is 44.9. The fraction of sp³-hybridized carbons (Fsp3) is 0.500. The van der Waals surface area contributed by atoms with E-state index in [-0.39, 0.29) is 23.1 Å². The van der Waals surface area contributed by atoms with E-state index in [0.29, 0.717) is 19.3 Å². The number of methoxy groups -OCH3 is 1. The van der Waals surface area contributed by atoms with Gasteiger partial charge >= 0.3 is 6.18 Å². The minimum Gasteiger partial charge on any atom is -0.496 e. The van der Waals surface area contributed by atoms with E-state index in [1.165, 1.54) is 19.2 Å². The monoisotopic (exact) mass is 312 g/mol. The summed E-state index contributed by atoms with van der Waals surface area (Å²) in [7, 11) is 1.24. The Kier molecular flexibility index (Phi) is 3.50.